The first-order chi connectivity index (χ1) is 9.83. The van der Waals surface area contributed by atoms with E-state index in [1.807, 2.05) is 4.72 Å². The number of benzene rings is 1. The zero-order valence-electron chi connectivity index (χ0n) is 10.3. The molecule has 0 aliphatic rings. The molecule has 7 nitrogen and oxygen atoms in total. The lowest BCUT2D eigenvalue weighted by atomic mass is 10.2. The predicted octanol–water partition coefficient (Wildman–Crippen LogP) is 1.52. The van der Waals surface area contributed by atoms with E-state index >= 15 is 0 Å². The van der Waals surface area contributed by atoms with Crippen molar-refractivity contribution < 1.29 is 22.7 Å². The number of hydrogen-bond donors (Lipinski definition) is 3. The largest absolute Gasteiger partial charge is 0.477 e. The minimum Gasteiger partial charge on any atom is -0.477 e. The van der Waals surface area contributed by atoms with Crippen molar-refractivity contribution in [1.82, 2.24) is 4.98 Å². The smallest absolute Gasteiger partial charge is 0.352 e. The third-order valence-corrected chi connectivity index (χ3v) is 3.88. The zero-order valence-corrected chi connectivity index (χ0v) is 11.1. The molecule has 3 N–H and O–H groups in total. The van der Waals surface area contributed by atoms with E-state index in [0.717, 1.165) is 24.4 Å². The van der Waals surface area contributed by atoms with Crippen LogP contribution in [0.25, 0.3) is 0 Å². The number of nitrogens with one attached hydrogen (secondary N) is 2. The molecule has 0 unspecified atom stereocenters. The summed E-state index contributed by atoms with van der Waals surface area (Å²) in [5.74, 6) is -2.23. The molecule has 0 fully saturated rings. The fourth-order valence-corrected chi connectivity index (χ4v) is 2.58. The molecule has 0 spiro atoms. The topological polar surface area (TPSA) is 123 Å². The van der Waals surface area contributed by atoms with Crippen LogP contribution in [0.15, 0.2) is 35.4 Å². The summed E-state index contributed by atoms with van der Waals surface area (Å²) in [6.07, 6.45) is 0.980. The summed E-state index contributed by atoms with van der Waals surface area (Å²) in [5.41, 5.74) is -0.604. The molecular formula is C12H8FN3O4S. The summed E-state index contributed by atoms with van der Waals surface area (Å²) in [6, 6.07) is 5.87. The first kappa shape index (κ1) is 14.5. The zero-order chi connectivity index (χ0) is 15.6. The van der Waals surface area contributed by atoms with Gasteiger partial charge in [0.05, 0.1) is 17.3 Å². The quantitative estimate of drug-likeness (QED) is 0.790. The monoisotopic (exact) mass is 309 g/mol. The van der Waals surface area contributed by atoms with Gasteiger partial charge >= 0.3 is 5.97 Å². The number of aromatic carboxylic acids is 1. The van der Waals surface area contributed by atoms with Crippen LogP contribution in [0.5, 0.6) is 0 Å². The molecule has 2 rings (SSSR count). The number of aromatic nitrogens is 1. The number of sulfonamides is 1. The Kier molecular flexibility index (Phi) is 3.64. The van der Waals surface area contributed by atoms with Crippen molar-refractivity contribution in [3.05, 3.63) is 47.5 Å². The maximum atomic E-state index is 13.6. The van der Waals surface area contributed by atoms with E-state index in [9.17, 15) is 17.6 Å². The first-order valence-electron chi connectivity index (χ1n) is 5.47. The number of halogens is 1. The normalized spacial score (nSPS) is 10.9. The highest BCUT2D eigenvalue weighted by atomic mass is 32.2. The van der Waals surface area contributed by atoms with Gasteiger partial charge in [-0.15, -0.1) is 0 Å². The van der Waals surface area contributed by atoms with Crippen LogP contribution in [0.3, 0.4) is 0 Å². The molecule has 0 saturated heterocycles. The number of hydrogen-bond acceptors (Lipinski definition) is 4. The van der Waals surface area contributed by atoms with Gasteiger partial charge in [0.1, 0.15) is 16.4 Å². The van der Waals surface area contributed by atoms with Gasteiger partial charge in [0.15, 0.2) is 0 Å². The highest BCUT2D eigenvalue weighted by Crippen LogP contribution is 2.20. The lowest BCUT2D eigenvalue weighted by Gasteiger charge is -2.07. The lowest BCUT2D eigenvalue weighted by Crippen LogP contribution is -2.13. The summed E-state index contributed by atoms with van der Waals surface area (Å²) in [4.78, 5) is 12.6. The van der Waals surface area contributed by atoms with Gasteiger partial charge in [0, 0.05) is 6.20 Å². The molecule has 0 amide bonds. The van der Waals surface area contributed by atoms with E-state index in [1.165, 1.54) is 6.07 Å². The number of nitriles is 1. The highest BCUT2D eigenvalue weighted by Gasteiger charge is 2.19. The Morgan fingerprint density at radius 1 is 1.38 bits per heavy atom. The van der Waals surface area contributed by atoms with Gasteiger partial charge in [-0.1, -0.05) is 0 Å². The van der Waals surface area contributed by atoms with E-state index in [0.29, 0.717) is 0 Å². The van der Waals surface area contributed by atoms with Crippen LogP contribution in [0, 0.1) is 17.1 Å². The molecule has 0 saturated carbocycles. The van der Waals surface area contributed by atoms with E-state index in [4.69, 9.17) is 10.4 Å². The number of nitrogens with zero attached hydrogens (tertiary/aromatic N) is 1. The molecule has 1 aromatic carbocycles. The molecule has 2 aromatic rings. The first-order valence-corrected chi connectivity index (χ1v) is 6.96. The van der Waals surface area contributed by atoms with Gasteiger partial charge in [-0.25, -0.2) is 17.6 Å². The average Bonchev–Trinajstić information content (AvgIpc) is 2.91. The second-order valence-electron chi connectivity index (χ2n) is 3.97. The van der Waals surface area contributed by atoms with Crippen molar-refractivity contribution in [3.63, 3.8) is 0 Å². The molecule has 0 atom stereocenters. The van der Waals surface area contributed by atoms with E-state index < -0.39 is 21.8 Å². The molecule has 0 aliphatic carbocycles. The maximum absolute atomic E-state index is 13.6. The van der Waals surface area contributed by atoms with Crippen LogP contribution >= 0.6 is 0 Å². The number of aromatic amines is 1. The van der Waals surface area contributed by atoms with Crippen LogP contribution in [-0.4, -0.2) is 24.5 Å². The number of H-pyrrole nitrogens is 1. The Morgan fingerprint density at radius 3 is 2.62 bits per heavy atom. The molecule has 1 aromatic heterocycles. The highest BCUT2D eigenvalue weighted by molar-refractivity contribution is 7.92. The van der Waals surface area contributed by atoms with Crippen molar-refractivity contribution in [3.8, 4) is 6.07 Å². The van der Waals surface area contributed by atoms with Gasteiger partial charge in [0.25, 0.3) is 10.0 Å². The number of carboxylic acids is 1. The van der Waals surface area contributed by atoms with Crippen LogP contribution in [-0.2, 0) is 10.0 Å². The van der Waals surface area contributed by atoms with Crippen molar-refractivity contribution in [2.24, 2.45) is 0 Å². The van der Waals surface area contributed by atoms with Crippen molar-refractivity contribution >= 4 is 21.7 Å². The van der Waals surface area contributed by atoms with E-state index in [2.05, 4.69) is 4.98 Å². The van der Waals surface area contributed by atoms with E-state index in [-0.39, 0.29) is 21.8 Å². The fraction of sp³-hybridized carbons (Fsp3) is 0. The van der Waals surface area contributed by atoms with Crippen molar-refractivity contribution in [2.75, 3.05) is 4.72 Å². The fourth-order valence-electron chi connectivity index (χ4n) is 1.52. The van der Waals surface area contributed by atoms with Gasteiger partial charge < -0.3 is 10.1 Å². The standard InChI is InChI=1S/C12H8FN3O4S/c13-9-3-7(5-14)1-2-10(9)16-21(19,20)8-4-11(12(17)18)15-6-8/h1-4,6,15-16H,(H,17,18). The Balaban J connectivity index is 2.33. The molecule has 0 bridgehead atoms. The SMILES string of the molecule is N#Cc1ccc(NS(=O)(=O)c2c[nH]c(C(=O)O)c2)c(F)c1. The third kappa shape index (κ3) is 3.01. The van der Waals surface area contributed by atoms with Gasteiger partial charge in [-0.3, -0.25) is 4.72 Å². The summed E-state index contributed by atoms with van der Waals surface area (Å²) >= 11 is 0. The molecule has 9 heteroatoms. The Bertz CT molecular complexity index is 852. The Hall–Kier alpha value is -2.86. The molecular weight excluding hydrogens is 301 g/mol. The third-order valence-electron chi connectivity index (χ3n) is 2.54. The molecule has 1 heterocycles. The van der Waals surface area contributed by atoms with Gasteiger partial charge in [0.2, 0.25) is 0 Å². The second-order valence-corrected chi connectivity index (χ2v) is 5.65. The molecule has 0 radical (unpaired) electrons. The number of carboxylic acid groups (broad SMARTS) is 1. The van der Waals surface area contributed by atoms with Crippen molar-refractivity contribution in [1.29, 1.82) is 5.26 Å². The van der Waals surface area contributed by atoms with Gasteiger partial charge in [-0.2, -0.15) is 5.26 Å². The van der Waals surface area contributed by atoms with Crippen LogP contribution in [0.4, 0.5) is 10.1 Å². The molecule has 0 aliphatic heterocycles. The lowest BCUT2D eigenvalue weighted by molar-refractivity contribution is 0.0691. The summed E-state index contributed by atoms with van der Waals surface area (Å²) in [6.45, 7) is 0. The number of rotatable bonds is 4. The van der Waals surface area contributed by atoms with Crippen LogP contribution < -0.4 is 4.72 Å². The molecule has 108 valence electrons. The second kappa shape index (κ2) is 5.26. The maximum Gasteiger partial charge on any atom is 0.352 e. The average molecular weight is 309 g/mol. The minimum absolute atomic E-state index is 0.0465. The number of carbonyl (C=O) groups is 1. The van der Waals surface area contributed by atoms with Gasteiger partial charge in [-0.05, 0) is 24.3 Å². The van der Waals surface area contributed by atoms with Crippen molar-refractivity contribution in [2.45, 2.75) is 4.90 Å². The summed E-state index contributed by atoms with van der Waals surface area (Å²) in [7, 11) is -4.14. The Labute approximate surface area is 118 Å². The van der Waals surface area contributed by atoms with E-state index in [1.54, 1.807) is 6.07 Å². The van der Waals surface area contributed by atoms with Crippen LogP contribution in [0.2, 0.25) is 0 Å². The predicted molar refractivity (Wildman–Crippen MR) is 69.7 cm³/mol. The summed E-state index contributed by atoms with van der Waals surface area (Å²) in [5, 5.41) is 17.3. The minimum atomic E-state index is -4.14. The van der Waals surface area contributed by atoms with Crippen LogP contribution in [0.1, 0.15) is 16.1 Å². The molecule has 21 heavy (non-hydrogen) atoms. The Morgan fingerprint density at radius 2 is 2.10 bits per heavy atom. The summed E-state index contributed by atoms with van der Waals surface area (Å²) < 4.78 is 39.6. The number of anilines is 1.